The third-order valence-electron chi connectivity index (χ3n) is 3.55. The highest BCUT2D eigenvalue weighted by molar-refractivity contribution is 5.79. The quantitative estimate of drug-likeness (QED) is 0.740. The van der Waals surface area contributed by atoms with E-state index in [1.807, 2.05) is 11.9 Å². The Hall–Kier alpha value is -0.570. The monoisotopic (exact) mass is 198 g/mol. The Kier molecular flexibility index (Phi) is 3.53. The number of likely N-dealkylation sites (tertiary alicyclic amines) is 1. The number of hydrogen-bond acceptors (Lipinski definition) is 2. The van der Waals surface area contributed by atoms with Crippen LogP contribution in [0.3, 0.4) is 0 Å². The van der Waals surface area contributed by atoms with Crippen molar-refractivity contribution in [1.29, 1.82) is 0 Å². The highest BCUT2D eigenvalue weighted by atomic mass is 16.2. The summed E-state index contributed by atoms with van der Waals surface area (Å²) in [6.45, 7) is 7.99. The zero-order valence-electron chi connectivity index (χ0n) is 9.76. The van der Waals surface area contributed by atoms with Gasteiger partial charge in [-0.05, 0) is 32.7 Å². The first kappa shape index (κ1) is 11.5. The maximum absolute atomic E-state index is 11.8. The van der Waals surface area contributed by atoms with Crippen molar-refractivity contribution in [2.45, 2.75) is 39.2 Å². The van der Waals surface area contributed by atoms with Gasteiger partial charge in [-0.2, -0.15) is 0 Å². The highest BCUT2D eigenvalue weighted by Gasteiger charge is 2.41. The minimum atomic E-state index is 0.0773. The fraction of sp³-hybridized carbons (Fsp3) is 0.909. The van der Waals surface area contributed by atoms with Gasteiger partial charge in [0.05, 0.1) is 6.54 Å². The molecule has 3 nitrogen and oxygen atoms in total. The molecule has 0 aromatic carbocycles. The second-order valence-corrected chi connectivity index (χ2v) is 4.69. The third kappa shape index (κ3) is 1.92. The van der Waals surface area contributed by atoms with E-state index in [0.717, 1.165) is 19.4 Å². The van der Waals surface area contributed by atoms with Gasteiger partial charge in [-0.3, -0.25) is 4.79 Å². The number of hydrogen-bond donors (Lipinski definition) is 1. The van der Waals surface area contributed by atoms with Crippen LogP contribution >= 0.6 is 0 Å². The van der Waals surface area contributed by atoms with E-state index >= 15 is 0 Å². The number of carbonyl (C=O) groups excluding carboxylic acids is 1. The van der Waals surface area contributed by atoms with E-state index in [0.29, 0.717) is 12.5 Å². The average Bonchev–Trinajstić information content (AvgIpc) is 2.49. The van der Waals surface area contributed by atoms with Crippen molar-refractivity contribution in [3.05, 3.63) is 0 Å². The first-order valence-corrected chi connectivity index (χ1v) is 5.47. The second kappa shape index (κ2) is 4.30. The summed E-state index contributed by atoms with van der Waals surface area (Å²) < 4.78 is 0. The van der Waals surface area contributed by atoms with Crippen LogP contribution in [-0.2, 0) is 4.79 Å². The van der Waals surface area contributed by atoms with Crippen LogP contribution in [-0.4, -0.2) is 36.5 Å². The van der Waals surface area contributed by atoms with E-state index in [1.165, 1.54) is 0 Å². The molecule has 0 aliphatic carbocycles. The number of carbonyl (C=O) groups is 1. The van der Waals surface area contributed by atoms with Crippen molar-refractivity contribution in [3.63, 3.8) is 0 Å². The fourth-order valence-corrected chi connectivity index (χ4v) is 2.24. The van der Waals surface area contributed by atoms with Gasteiger partial charge in [0.1, 0.15) is 0 Å². The first-order chi connectivity index (χ1) is 6.52. The number of amides is 1. The molecule has 0 bridgehead atoms. The largest absolute Gasteiger partial charge is 0.336 e. The molecule has 0 radical (unpaired) electrons. The molecule has 1 heterocycles. The van der Waals surface area contributed by atoms with Gasteiger partial charge >= 0.3 is 0 Å². The van der Waals surface area contributed by atoms with Gasteiger partial charge in [0.2, 0.25) is 5.91 Å². The third-order valence-corrected chi connectivity index (χ3v) is 3.55. The Morgan fingerprint density at radius 1 is 1.57 bits per heavy atom. The van der Waals surface area contributed by atoms with Gasteiger partial charge in [-0.15, -0.1) is 0 Å². The fourth-order valence-electron chi connectivity index (χ4n) is 2.24. The summed E-state index contributed by atoms with van der Waals surface area (Å²) in [5, 5.41) is 2.93. The Labute approximate surface area is 86.9 Å². The lowest BCUT2D eigenvalue weighted by atomic mass is 9.86. The molecular weight excluding hydrogens is 176 g/mol. The lowest BCUT2D eigenvalue weighted by Gasteiger charge is -2.39. The molecule has 0 unspecified atom stereocenters. The van der Waals surface area contributed by atoms with E-state index in [2.05, 4.69) is 26.1 Å². The Bertz CT molecular complexity index is 215. The smallest absolute Gasteiger partial charge is 0.236 e. The molecule has 0 aromatic heterocycles. The standard InChI is InChI=1S/C11H22N2O/c1-9(2)11(3)6-5-7-13(11)10(14)8-12-4/h9,12H,5-8H2,1-4H3/t11-/m0/s1. The molecule has 14 heavy (non-hydrogen) atoms. The molecule has 82 valence electrons. The second-order valence-electron chi connectivity index (χ2n) is 4.69. The summed E-state index contributed by atoms with van der Waals surface area (Å²) in [4.78, 5) is 13.9. The molecule has 1 aliphatic heterocycles. The van der Waals surface area contributed by atoms with Gasteiger partial charge < -0.3 is 10.2 Å². The molecule has 0 spiro atoms. The summed E-state index contributed by atoms with van der Waals surface area (Å²) >= 11 is 0. The summed E-state index contributed by atoms with van der Waals surface area (Å²) in [6.07, 6.45) is 2.28. The van der Waals surface area contributed by atoms with Crippen molar-refractivity contribution in [2.75, 3.05) is 20.1 Å². The number of nitrogens with zero attached hydrogens (tertiary/aromatic N) is 1. The number of rotatable bonds is 3. The molecule has 3 heteroatoms. The van der Waals surface area contributed by atoms with E-state index < -0.39 is 0 Å². The van der Waals surface area contributed by atoms with Crippen molar-refractivity contribution < 1.29 is 4.79 Å². The summed E-state index contributed by atoms with van der Waals surface area (Å²) in [5.41, 5.74) is 0.0773. The van der Waals surface area contributed by atoms with Crippen LogP contribution in [0.2, 0.25) is 0 Å². The summed E-state index contributed by atoms with van der Waals surface area (Å²) in [6, 6.07) is 0. The van der Waals surface area contributed by atoms with Crippen LogP contribution in [0, 0.1) is 5.92 Å². The lowest BCUT2D eigenvalue weighted by molar-refractivity contribution is -0.135. The van der Waals surface area contributed by atoms with Crippen LogP contribution in [0.5, 0.6) is 0 Å². The maximum Gasteiger partial charge on any atom is 0.236 e. The SMILES string of the molecule is CNCC(=O)N1CCC[C@@]1(C)C(C)C. The molecule has 1 fully saturated rings. The zero-order chi connectivity index (χ0) is 10.8. The van der Waals surface area contributed by atoms with E-state index in [9.17, 15) is 4.79 Å². The van der Waals surface area contributed by atoms with Gasteiger partial charge in [-0.25, -0.2) is 0 Å². The normalized spacial score (nSPS) is 27.4. The predicted molar refractivity (Wildman–Crippen MR) is 58.1 cm³/mol. The van der Waals surface area contributed by atoms with E-state index in [1.54, 1.807) is 0 Å². The number of likely N-dealkylation sites (N-methyl/N-ethyl adjacent to an activating group) is 1. The number of nitrogens with one attached hydrogen (secondary N) is 1. The summed E-state index contributed by atoms with van der Waals surface area (Å²) in [7, 11) is 1.82. The molecule has 1 amide bonds. The molecule has 1 aliphatic rings. The van der Waals surface area contributed by atoms with Gasteiger partial charge in [0.25, 0.3) is 0 Å². The maximum atomic E-state index is 11.8. The molecule has 0 aromatic rings. The molecule has 0 saturated carbocycles. The zero-order valence-corrected chi connectivity index (χ0v) is 9.76. The van der Waals surface area contributed by atoms with Crippen molar-refractivity contribution in [1.82, 2.24) is 10.2 Å². The molecular formula is C11H22N2O. The predicted octanol–water partition coefficient (Wildman–Crippen LogP) is 1.24. The lowest BCUT2D eigenvalue weighted by Crippen LogP contribution is -2.50. The Morgan fingerprint density at radius 2 is 2.21 bits per heavy atom. The van der Waals surface area contributed by atoms with Crippen LogP contribution in [0.25, 0.3) is 0 Å². The van der Waals surface area contributed by atoms with Gasteiger partial charge in [-0.1, -0.05) is 13.8 Å². The Balaban J connectivity index is 2.72. The van der Waals surface area contributed by atoms with Gasteiger partial charge in [0, 0.05) is 12.1 Å². The van der Waals surface area contributed by atoms with Crippen molar-refractivity contribution in [2.24, 2.45) is 5.92 Å². The van der Waals surface area contributed by atoms with Crippen molar-refractivity contribution in [3.8, 4) is 0 Å². The topological polar surface area (TPSA) is 32.3 Å². The molecule has 1 atom stereocenters. The van der Waals surface area contributed by atoms with E-state index in [-0.39, 0.29) is 11.4 Å². The Morgan fingerprint density at radius 3 is 2.71 bits per heavy atom. The first-order valence-electron chi connectivity index (χ1n) is 5.47. The highest BCUT2D eigenvalue weighted by Crippen LogP contribution is 2.35. The van der Waals surface area contributed by atoms with Crippen molar-refractivity contribution >= 4 is 5.91 Å². The van der Waals surface area contributed by atoms with Crippen LogP contribution < -0.4 is 5.32 Å². The van der Waals surface area contributed by atoms with Gasteiger partial charge in [0.15, 0.2) is 0 Å². The minimum absolute atomic E-state index is 0.0773. The molecule has 1 rings (SSSR count). The minimum Gasteiger partial charge on any atom is -0.336 e. The molecule has 1 N–H and O–H groups in total. The molecule has 1 saturated heterocycles. The van der Waals surface area contributed by atoms with Crippen LogP contribution in [0.1, 0.15) is 33.6 Å². The summed E-state index contributed by atoms with van der Waals surface area (Å²) in [5.74, 6) is 0.770. The van der Waals surface area contributed by atoms with Crippen LogP contribution in [0.4, 0.5) is 0 Å². The average molecular weight is 198 g/mol. The van der Waals surface area contributed by atoms with E-state index in [4.69, 9.17) is 0 Å². The van der Waals surface area contributed by atoms with Crippen LogP contribution in [0.15, 0.2) is 0 Å².